The van der Waals surface area contributed by atoms with Crippen LogP contribution in [0.1, 0.15) is 0 Å². The average molecular weight is 649 g/mol. The van der Waals surface area contributed by atoms with Crippen LogP contribution in [0.2, 0.25) is 0 Å². The van der Waals surface area contributed by atoms with Crippen LogP contribution in [0.25, 0.3) is 86.6 Å². The minimum Gasteiger partial charge on any atom is -0.456 e. The number of aromatic nitrogens is 1. The average Bonchev–Trinajstić information content (AvgIpc) is 3.92. The van der Waals surface area contributed by atoms with Crippen LogP contribution in [-0.4, -0.2) is 4.98 Å². The smallest absolute Gasteiger partial charge is 0.227 e. The van der Waals surface area contributed by atoms with Gasteiger partial charge in [0.25, 0.3) is 0 Å². The third-order valence-corrected chi connectivity index (χ3v) is 10.6. The molecular weight excluding hydrogens is 625 g/mol. The van der Waals surface area contributed by atoms with Crippen molar-refractivity contribution in [1.82, 2.24) is 4.98 Å². The van der Waals surface area contributed by atoms with Gasteiger partial charge in [0.05, 0.1) is 16.8 Å². The molecule has 4 heterocycles. The lowest BCUT2D eigenvalue weighted by Crippen LogP contribution is -2.10. The van der Waals surface area contributed by atoms with Gasteiger partial charge in [0.15, 0.2) is 5.58 Å². The molecule has 0 fully saturated rings. The molecule has 0 radical (unpaired) electrons. The van der Waals surface area contributed by atoms with Crippen LogP contribution >= 0.6 is 11.3 Å². The third-order valence-electron chi connectivity index (χ3n) is 9.49. The summed E-state index contributed by atoms with van der Waals surface area (Å²) in [4.78, 5) is 7.39. The van der Waals surface area contributed by atoms with E-state index in [1.807, 2.05) is 66.7 Å². The van der Waals surface area contributed by atoms with Crippen LogP contribution in [0.4, 0.5) is 17.1 Å². The third kappa shape index (κ3) is 3.95. The summed E-state index contributed by atoms with van der Waals surface area (Å²) < 4.78 is 22.2. The number of fused-ring (bicyclic) bond motifs is 11. The molecule has 4 aromatic heterocycles. The first kappa shape index (κ1) is 26.7. The summed E-state index contributed by atoms with van der Waals surface area (Å²) in [6.45, 7) is 0. The number of oxazole rings is 1. The van der Waals surface area contributed by atoms with Crippen LogP contribution in [0.3, 0.4) is 0 Å². The highest BCUT2D eigenvalue weighted by Gasteiger charge is 2.26. The maximum absolute atomic E-state index is 6.79. The largest absolute Gasteiger partial charge is 0.456 e. The molecule has 0 amide bonds. The Morgan fingerprint density at radius 3 is 1.96 bits per heavy atom. The van der Waals surface area contributed by atoms with E-state index in [0.717, 1.165) is 72.0 Å². The van der Waals surface area contributed by atoms with E-state index in [-0.39, 0.29) is 0 Å². The Labute approximate surface area is 282 Å². The van der Waals surface area contributed by atoms with Crippen molar-refractivity contribution in [2.75, 3.05) is 4.90 Å². The quantitative estimate of drug-likeness (QED) is 0.190. The fraction of sp³-hybridized carbons (Fsp3) is 0. The van der Waals surface area contributed by atoms with Crippen LogP contribution in [0.15, 0.2) is 159 Å². The van der Waals surface area contributed by atoms with Crippen molar-refractivity contribution >= 4 is 104 Å². The molecule has 49 heavy (non-hydrogen) atoms. The molecule has 0 aliphatic carbocycles. The molecule has 0 unspecified atom stereocenters. The van der Waals surface area contributed by atoms with Crippen LogP contribution in [-0.2, 0) is 0 Å². The van der Waals surface area contributed by atoms with Gasteiger partial charge in [-0.15, -0.1) is 11.3 Å². The van der Waals surface area contributed by atoms with Gasteiger partial charge in [0.1, 0.15) is 27.8 Å². The van der Waals surface area contributed by atoms with Crippen LogP contribution in [0, 0.1) is 0 Å². The molecule has 0 aliphatic rings. The number of furan rings is 2. The monoisotopic (exact) mass is 648 g/mol. The Hall–Kier alpha value is -6.37. The zero-order valence-corrected chi connectivity index (χ0v) is 26.7. The summed E-state index contributed by atoms with van der Waals surface area (Å²) in [5, 5.41) is 6.61. The van der Waals surface area contributed by atoms with E-state index in [2.05, 4.69) is 83.8 Å². The number of rotatable bonds is 4. The molecule has 11 aromatic rings. The summed E-state index contributed by atoms with van der Waals surface area (Å²) in [5.41, 5.74) is 8.33. The van der Waals surface area contributed by atoms with Gasteiger partial charge >= 0.3 is 0 Å². The number of hydrogen-bond acceptors (Lipinski definition) is 6. The number of anilines is 3. The second kappa shape index (κ2) is 10.1. The molecule has 7 aromatic carbocycles. The second-order valence-electron chi connectivity index (χ2n) is 12.3. The summed E-state index contributed by atoms with van der Waals surface area (Å²) >= 11 is 1.80. The van der Waals surface area contributed by atoms with Crippen LogP contribution < -0.4 is 4.90 Å². The molecule has 5 nitrogen and oxygen atoms in total. The van der Waals surface area contributed by atoms with Crippen molar-refractivity contribution in [3.8, 4) is 11.5 Å². The Morgan fingerprint density at radius 2 is 1.10 bits per heavy atom. The summed E-state index contributed by atoms with van der Waals surface area (Å²) in [5.74, 6) is 0.558. The van der Waals surface area contributed by atoms with Crippen molar-refractivity contribution in [1.29, 1.82) is 0 Å². The van der Waals surface area contributed by atoms with Crippen molar-refractivity contribution < 1.29 is 13.3 Å². The zero-order chi connectivity index (χ0) is 32.1. The highest BCUT2D eigenvalue weighted by atomic mass is 32.1. The molecule has 0 saturated carbocycles. The lowest BCUT2D eigenvalue weighted by atomic mass is 10.1. The highest BCUT2D eigenvalue weighted by molar-refractivity contribution is 7.25. The molecule has 0 N–H and O–H groups in total. The summed E-state index contributed by atoms with van der Waals surface area (Å²) in [6, 6.07) is 50.1. The fourth-order valence-electron chi connectivity index (χ4n) is 7.27. The van der Waals surface area contributed by atoms with Gasteiger partial charge in [-0.1, -0.05) is 78.9 Å². The first-order valence-corrected chi connectivity index (χ1v) is 17.0. The van der Waals surface area contributed by atoms with Gasteiger partial charge in [-0.25, -0.2) is 4.98 Å². The number of benzene rings is 7. The predicted octanol–water partition coefficient (Wildman–Crippen LogP) is 13.1. The van der Waals surface area contributed by atoms with E-state index in [1.54, 1.807) is 11.3 Å². The normalized spacial score (nSPS) is 12.1. The van der Waals surface area contributed by atoms with Gasteiger partial charge in [-0.2, -0.15) is 0 Å². The molecular formula is C43H24N2O3S. The molecule has 0 atom stereocenters. The molecule has 6 heteroatoms. The number of hydrogen-bond donors (Lipinski definition) is 0. The Morgan fingerprint density at radius 1 is 0.469 bits per heavy atom. The van der Waals surface area contributed by atoms with Crippen LogP contribution in [0.5, 0.6) is 0 Å². The van der Waals surface area contributed by atoms with Gasteiger partial charge in [-0.05, 0) is 54.6 Å². The van der Waals surface area contributed by atoms with Gasteiger partial charge < -0.3 is 18.2 Å². The maximum Gasteiger partial charge on any atom is 0.227 e. The first-order valence-electron chi connectivity index (χ1n) is 16.2. The highest BCUT2D eigenvalue weighted by Crippen LogP contribution is 2.47. The molecule has 11 rings (SSSR count). The number of para-hydroxylation sites is 2. The van der Waals surface area contributed by atoms with Gasteiger partial charge in [0.2, 0.25) is 5.89 Å². The van der Waals surface area contributed by atoms with Crippen molar-refractivity contribution in [2.45, 2.75) is 0 Å². The molecule has 230 valence electrons. The van der Waals surface area contributed by atoms with E-state index in [0.29, 0.717) is 11.5 Å². The standard InChI is InChI=1S/C43H24N2O3S/c1-2-10-25(11-3-1)43-44-41-40-32-14-5-8-16-35(32)47-37(40)24-33(42(41)48-43)45(26-18-20-29-28-12-4-7-15-34(28)46-36(29)22-26)27-19-21-31-30-13-6-9-17-38(30)49-39(31)23-27/h1-24H. The Bertz CT molecular complexity index is 2960. The number of thiophene rings is 1. The van der Waals surface area contributed by atoms with E-state index in [1.165, 1.54) is 20.2 Å². The molecule has 0 bridgehead atoms. The van der Waals surface area contributed by atoms with E-state index >= 15 is 0 Å². The van der Waals surface area contributed by atoms with Gasteiger partial charge in [-0.3, -0.25) is 0 Å². The van der Waals surface area contributed by atoms with Crippen molar-refractivity contribution in [3.63, 3.8) is 0 Å². The minimum atomic E-state index is 0.558. The van der Waals surface area contributed by atoms with Crippen molar-refractivity contribution in [3.05, 3.63) is 146 Å². The lowest BCUT2D eigenvalue weighted by molar-refractivity contribution is 0.619. The predicted molar refractivity (Wildman–Crippen MR) is 202 cm³/mol. The topological polar surface area (TPSA) is 55.6 Å². The lowest BCUT2D eigenvalue weighted by Gasteiger charge is -2.25. The summed E-state index contributed by atoms with van der Waals surface area (Å²) in [6.07, 6.45) is 0. The van der Waals surface area contributed by atoms with Gasteiger partial charge in [0, 0.05) is 59.7 Å². The van der Waals surface area contributed by atoms with E-state index in [9.17, 15) is 0 Å². The maximum atomic E-state index is 6.79. The Kier molecular flexibility index (Phi) is 5.48. The molecule has 0 aliphatic heterocycles. The second-order valence-corrected chi connectivity index (χ2v) is 13.4. The Balaban J connectivity index is 1.24. The zero-order valence-electron chi connectivity index (χ0n) is 25.9. The van der Waals surface area contributed by atoms with E-state index < -0.39 is 0 Å². The summed E-state index contributed by atoms with van der Waals surface area (Å²) in [7, 11) is 0. The number of nitrogens with zero attached hydrogens (tertiary/aromatic N) is 2. The first-order chi connectivity index (χ1) is 24.3. The molecule has 0 spiro atoms. The minimum absolute atomic E-state index is 0.558. The van der Waals surface area contributed by atoms with E-state index in [4.69, 9.17) is 18.2 Å². The van der Waals surface area contributed by atoms with Crippen molar-refractivity contribution in [2.24, 2.45) is 0 Å². The fourth-order valence-corrected chi connectivity index (χ4v) is 8.41. The SMILES string of the molecule is c1ccc(-c2nc3c(o2)c(N(c2ccc4c(c2)oc2ccccc24)c2ccc4c(c2)sc2ccccc24)cc2oc4ccccc4c23)cc1. The molecule has 0 saturated heterocycles.